The molecule has 1 atom stereocenters. The van der Waals surface area contributed by atoms with Crippen LogP contribution in [0.1, 0.15) is 17.8 Å². The maximum absolute atomic E-state index is 7.73. The first-order valence-corrected chi connectivity index (χ1v) is 5.72. The van der Waals surface area contributed by atoms with Gasteiger partial charge in [0.25, 0.3) is 0 Å². The Morgan fingerprint density at radius 3 is 3.12 bits per heavy atom. The van der Waals surface area contributed by atoms with Gasteiger partial charge in [0.15, 0.2) is 0 Å². The molecule has 2 rings (SSSR count). The number of hydrogen-bond donors (Lipinski definition) is 1. The van der Waals surface area contributed by atoms with E-state index in [-0.39, 0.29) is 5.92 Å². The van der Waals surface area contributed by atoms with Gasteiger partial charge in [-0.25, -0.2) is 4.98 Å². The number of aromatic nitrogens is 2. The summed E-state index contributed by atoms with van der Waals surface area (Å²) >= 11 is 1.59. The van der Waals surface area contributed by atoms with E-state index in [2.05, 4.69) is 21.7 Å². The first-order valence-electron chi connectivity index (χ1n) is 4.90. The molecular weight excluding hydrogens is 220 g/mol. The molecule has 0 fully saturated rings. The van der Waals surface area contributed by atoms with Gasteiger partial charge in [-0.15, -0.1) is 11.3 Å². The molecule has 0 saturated heterocycles. The number of nitrogens with one attached hydrogen (secondary N) is 1. The highest BCUT2D eigenvalue weighted by molar-refractivity contribution is 7.18. The zero-order chi connectivity index (χ0) is 11.5. The number of fused-ring (bicyclic) bond motifs is 1. The lowest BCUT2D eigenvalue weighted by Crippen LogP contribution is -2.11. The lowest BCUT2D eigenvalue weighted by atomic mass is 10.1. The minimum Gasteiger partial charge on any atom is -0.309 e. The standard InChI is InChI=1S/C11H12N4S/c1-7(12)8(5-13-2)11-15-9-6-14-4-3-10(9)16-11/h3-4,6,8,12H,2,5H2,1H3. The van der Waals surface area contributed by atoms with Crippen LogP contribution in [0.15, 0.2) is 23.5 Å². The first-order chi connectivity index (χ1) is 7.72. The van der Waals surface area contributed by atoms with Crippen LogP contribution in [0.5, 0.6) is 0 Å². The summed E-state index contributed by atoms with van der Waals surface area (Å²) in [4.78, 5) is 12.4. The molecule has 16 heavy (non-hydrogen) atoms. The molecule has 0 bridgehead atoms. The van der Waals surface area contributed by atoms with E-state index < -0.39 is 0 Å². The molecule has 0 aliphatic heterocycles. The van der Waals surface area contributed by atoms with Crippen molar-refractivity contribution >= 4 is 34.0 Å². The molecule has 1 N–H and O–H groups in total. The normalized spacial score (nSPS) is 12.6. The number of rotatable bonds is 4. The van der Waals surface area contributed by atoms with Gasteiger partial charge in [-0.05, 0) is 19.7 Å². The second-order valence-corrected chi connectivity index (χ2v) is 4.60. The predicted octanol–water partition coefficient (Wildman–Crippen LogP) is 2.52. The smallest absolute Gasteiger partial charge is 0.104 e. The molecule has 5 heteroatoms. The summed E-state index contributed by atoms with van der Waals surface area (Å²) in [6.45, 7) is 5.77. The van der Waals surface area contributed by atoms with Gasteiger partial charge in [0, 0.05) is 11.9 Å². The van der Waals surface area contributed by atoms with Crippen LogP contribution in [0.25, 0.3) is 10.2 Å². The second kappa shape index (κ2) is 4.49. The zero-order valence-electron chi connectivity index (χ0n) is 8.97. The van der Waals surface area contributed by atoms with E-state index in [1.807, 2.05) is 6.07 Å². The Hall–Kier alpha value is -1.62. The summed E-state index contributed by atoms with van der Waals surface area (Å²) in [6, 6.07) is 1.94. The average Bonchev–Trinajstić information content (AvgIpc) is 2.68. The van der Waals surface area contributed by atoms with E-state index in [4.69, 9.17) is 5.41 Å². The highest BCUT2D eigenvalue weighted by atomic mass is 32.1. The van der Waals surface area contributed by atoms with Crippen molar-refractivity contribution in [2.45, 2.75) is 12.8 Å². The molecule has 2 aromatic rings. The third-order valence-corrected chi connectivity index (χ3v) is 3.49. The molecule has 0 amide bonds. The molecule has 0 saturated carbocycles. The van der Waals surface area contributed by atoms with Crippen LogP contribution in [-0.4, -0.2) is 28.9 Å². The SMILES string of the molecule is C=NCC(C(C)=N)c1nc2cnccc2s1. The van der Waals surface area contributed by atoms with Crippen molar-refractivity contribution in [1.29, 1.82) is 5.41 Å². The Bertz CT molecular complexity index is 499. The second-order valence-electron chi connectivity index (χ2n) is 3.54. The summed E-state index contributed by atoms with van der Waals surface area (Å²) in [5.41, 5.74) is 1.46. The predicted molar refractivity (Wildman–Crippen MR) is 68.0 cm³/mol. The third kappa shape index (κ3) is 1.99. The number of pyridine rings is 1. The highest BCUT2D eigenvalue weighted by Crippen LogP contribution is 2.27. The van der Waals surface area contributed by atoms with Crippen LogP contribution in [0.3, 0.4) is 0 Å². The van der Waals surface area contributed by atoms with E-state index in [0.717, 1.165) is 15.2 Å². The Morgan fingerprint density at radius 2 is 2.50 bits per heavy atom. The number of aliphatic imine (C=N–C) groups is 1. The summed E-state index contributed by atoms with van der Waals surface area (Å²) < 4.78 is 1.10. The van der Waals surface area contributed by atoms with Crippen LogP contribution in [0, 0.1) is 5.41 Å². The number of nitrogens with zero attached hydrogens (tertiary/aromatic N) is 3. The first kappa shape index (κ1) is 10.9. The van der Waals surface area contributed by atoms with Crippen LogP contribution < -0.4 is 0 Å². The molecule has 2 heterocycles. The molecule has 0 spiro atoms. The Morgan fingerprint density at radius 1 is 1.69 bits per heavy atom. The monoisotopic (exact) mass is 232 g/mol. The van der Waals surface area contributed by atoms with Gasteiger partial charge in [0.1, 0.15) is 5.01 Å². The topological polar surface area (TPSA) is 62.0 Å². The summed E-state index contributed by atoms with van der Waals surface area (Å²) in [6.07, 6.45) is 3.50. The maximum Gasteiger partial charge on any atom is 0.104 e. The van der Waals surface area contributed by atoms with Gasteiger partial charge in [-0.1, -0.05) is 0 Å². The van der Waals surface area contributed by atoms with Crippen molar-refractivity contribution in [2.24, 2.45) is 4.99 Å². The fourth-order valence-corrected chi connectivity index (χ4v) is 2.57. The molecule has 1 unspecified atom stereocenters. The molecule has 0 radical (unpaired) electrons. The van der Waals surface area contributed by atoms with E-state index >= 15 is 0 Å². The lowest BCUT2D eigenvalue weighted by molar-refractivity contribution is 0.876. The van der Waals surface area contributed by atoms with Gasteiger partial charge >= 0.3 is 0 Å². The molecule has 4 nitrogen and oxygen atoms in total. The van der Waals surface area contributed by atoms with Gasteiger partial charge < -0.3 is 5.41 Å². The van der Waals surface area contributed by atoms with Gasteiger partial charge in [0.2, 0.25) is 0 Å². The number of hydrogen-bond acceptors (Lipinski definition) is 5. The average molecular weight is 232 g/mol. The maximum atomic E-state index is 7.73. The fourth-order valence-electron chi connectivity index (χ4n) is 1.48. The van der Waals surface area contributed by atoms with E-state index in [0.29, 0.717) is 12.3 Å². The molecular formula is C11H12N4S. The zero-order valence-corrected chi connectivity index (χ0v) is 9.79. The molecule has 82 valence electrons. The fraction of sp³-hybridized carbons (Fsp3) is 0.273. The van der Waals surface area contributed by atoms with Crippen molar-refractivity contribution in [3.8, 4) is 0 Å². The van der Waals surface area contributed by atoms with Crippen molar-refractivity contribution in [2.75, 3.05) is 6.54 Å². The van der Waals surface area contributed by atoms with Gasteiger partial charge in [-0.2, -0.15) is 0 Å². The van der Waals surface area contributed by atoms with Crippen LogP contribution in [-0.2, 0) is 0 Å². The van der Waals surface area contributed by atoms with Crippen molar-refractivity contribution in [1.82, 2.24) is 9.97 Å². The Labute approximate surface area is 97.6 Å². The highest BCUT2D eigenvalue weighted by Gasteiger charge is 2.17. The van der Waals surface area contributed by atoms with Crippen molar-refractivity contribution < 1.29 is 0 Å². The molecule has 0 aromatic carbocycles. The van der Waals surface area contributed by atoms with Crippen molar-refractivity contribution in [3.63, 3.8) is 0 Å². The molecule has 0 aliphatic carbocycles. The molecule has 2 aromatic heterocycles. The lowest BCUT2D eigenvalue weighted by Gasteiger charge is -2.08. The quantitative estimate of drug-likeness (QED) is 0.823. The van der Waals surface area contributed by atoms with Crippen LogP contribution in [0.4, 0.5) is 0 Å². The van der Waals surface area contributed by atoms with E-state index in [9.17, 15) is 0 Å². The third-order valence-electron chi connectivity index (χ3n) is 2.34. The summed E-state index contributed by atoms with van der Waals surface area (Å²) in [5, 5.41) is 8.65. The largest absolute Gasteiger partial charge is 0.309 e. The minimum absolute atomic E-state index is 0.0464. The summed E-state index contributed by atoms with van der Waals surface area (Å²) in [5.74, 6) is -0.0464. The summed E-state index contributed by atoms with van der Waals surface area (Å²) in [7, 11) is 0. The number of thiazole rings is 1. The van der Waals surface area contributed by atoms with Crippen LogP contribution in [0.2, 0.25) is 0 Å². The Kier molecular flexibility index (Phi) is 3.05. The van der Waals surface area contributed by atoms with Gasteiger partial charge in [-0.3, -0.25) is 9.98 Å². The molecule has 0 aliphatic rings. The minimum atomic E-state index is -0.0464. The van der Waals surface area contributed by atoms with Gasteiger partial charge in [0.05, 0.1) is 28.9 Å². The van der Waals surface area contributed by atoms with E-state index in [1.165, 1.54) is 0 Å². The van der Waals surface area contributed by atoms with Crippen LogP contribution >= 0.6 is 11.3 Å². The van der Waals surface area contributed by atoms with Crippen molar-refractivity contribution in [3.05, 3.63) is 23.5 Å². The Balaban J connectivity index is 2.44. The van der Waals surface area contributed by atoms with E-state index in [1.54, 1.807) is 30.7 Å².